The third kappa shape index (κ3) is 4.43. The first kappa shape index (κ1) is 24.6. The molecule has 2 aromatic carbocycles. The van der Waals surface area contributed by atoms with Gasteiger partial charge in [0.05, 0.1) is 6.33 Å². The number of carboxylic acid groups (broad SMARTS) is 1. The number of nitrogens with one attached hydrogen (secondary N) is 1. The molecule has 0 saturated heterocycles. The van der Waals surface area contributed by atoms with Crippen LogP contribution in [0.3, 0.4) is 0 Å². The molecule has 2 aliphatic rings. The molecule has 1 aromatic heterocycles. The number of hydrogen-bond donors (Lipinski definition) is 2. The van der Waals surface area contributed by atoms with E-state index in [9.17, 15) is 14.7 Å². The van der Waals surface area contributed by atoms with Gasteiger partial charge in [-0.2, -0.15) is 0 Å². The summed E-state index contributed by atoms with van der Waals surface area (Å²) in [5.74, 6) is -0.396. The number of hydrogen-bond acceptors (Lipinski definition) is 4. The molecule has 2 aliphatic carbocycles. The predicted molar refractivity (Wildman–Crippen MR) is 142 cm³/mol. The molecule has 0 amide bonds. The largest absolute Gasteiger partial charge is 0.480 e. The van der Waals surface area contributed by atoms with E-state index in [1.165, 1.54) is 11.1 Å². The van der Waals surface area contributed by atoms with Crippen LogP contribution in [0.15, 0.2) is 65.8 Å². The molecule has 1 unspecified atom stereocenters. The van der Waals surface area contributed by atoms with Gasteiger partial charge in [-0.05, 0) is 92.5 Å². The number of nitrogens with zero attached hydrogens (tertiary/aromatic N) is 2. The molecule has 1 heterocycles. The van der Waals surface area contributed by atoms with E-state index >= 15 is 0 Å². The summed E-state index contributed by atoms with van der Waals surface area (Å²) in [5.41, 5.74) is 3.12. The van der Waals surface area contributed by atoms with Crippen LogP contribution in [-0.2, 0) is 23.2 Å². The number of aryl methyl sites for hydroxylation is 2. The minimum absolute atomic E-state index is 0.0189. The quantitative estimate of drug-likeness (QED) is 0.436. The second-order valence-corrected chi connectivity index (χ2v) is 10.9. The normalized spacial score (nSPS) is 25.0. The highest BCUT2D eigenvalue weighted by molar-refractivity contribution is 6.30. The molecular formula is C29H32ClN3O3. The van der Waals surface area contributed by atoms with Gasteiger partial charge in [0, 0.05) is 29.0 Å². The maximum absolute atomic E-state index is 12.6. The van der Waals surface area contributed by atoms with Crippen molar-refractivity contribution < 1.29 is 9.90 Å². The molecule has 2 N–H and O–H groups in total. The maximum atomic E-state index is 12.6. The van der Waals surface area contributed by atoms with Crippen LogP contribution in [0, 0.1) is 12.8 Å². The Balaban J connectivity index is 1.36. The molecule has 6 nitrogen and oxygen atoms in total. The summed E-state index contributed by atoms with van der Waals surface area (Å²) in [6, 6.07) is 15.9. The highest BCUT2D eigenvalue weighted by atomic mass is 35.5. The first-order valence-corrected chi connectivity index (χ1v) is 13.1. The molecular weight excluding hydrogens is 474 g/mol. The molecule has 1 atom stereocenters. The third-order valence-electron chi connectivity index (χ3n) is 8.44. The maximum Gasteiger partial charge on any atom is 0.329 e. The summed E-state index contributed by atoms with van der Waals surface area (Å²) in [4.78, 5) is 29.2. The van der Waals surface area contributed by atoms with Gasteiger partial charge in [-0.15, -0.1) is 0 Å². The summed E-state index contributed by atoms with van der Waals surface area (Å²) >= 11 is 6.16. The van der Waals surface area contributed by atoms with Crippen molar-refractivity contribution in [1.29, 1.82) is 0 Å². The van der Waals surface area contributed by atoms with Crippen LogP contribution in [0.2, 0.25) is 5.02 Å². The summed E-state index contributed by atoms with van der Waals surface area (Å²) in [7, 11) is 0. The van der Waals surface area contributed by atoms with Crippen molar-refractivity contribution in [3.63, 3.8) is 0 Å². The minimum Gasteiger partial charge on any atom is -0.480 e. The number of aliphatic carboxylic acids is 1. The first-order chi connectivity index (χ1) is 17.3. The molecule has 1 fully saturated rings. The Bertz CT molecular complexity index is 1330. The fraction of sp³-hybridized carbons (Fsp3) is 0.414. The molecule has 1 spiro atoms. The third-order valence-corrected chi connectivity index (χ3v) is 8.67. The van der Waals surface area contributed by atoms with Crippen molar-refractivity contribution in [3.8, 4) is 0 Å². The minimum atomic E-state index is -1.02. The number of halogens is 1. The van der Waals surface area contributed by atoms with E-state index in [1.54, 1.807) is 36.1 Å². The lowest BCUT2D eigenvalue weighted by atomic mass is 9.60. The second-order valence-electron chi connectivity index (χ2n) is 10.5. The molecule has 7 heteroatoms. The fourth-order valence-electron chi connectivity index (χ4n) is 6.51. The molecule has 188 valence electrons. The molecule has 0 bridgehead atoms. The van der Waals surface area contributed by atoms with E-state index in [-0.39, 0.29) is 11.0 Å². The van der Waals surface area contributed by atoms with E-state index in [0.29, 0.717) is 35.9 Å². The van der Waals surface area contributed by atoms with E-state index in [4.69, 9.17) is 11.6 Å². The van der Waals surface area contributed by atoms with Crippen molar-refractivity contribution in [2.24, 2.45) is 5.92 Å². The lowest BCUT2D eigenvalue weighted by Gasteiger charge is -2.47. The highest BCUT2D eigenvalue weighted by Crippen LogP contribution is 2.55. The Morgan fingerprint density at radius 2 is 1.94 bits per heavy atom. The van der Waals surface area contributed by atoms with Gasteiger partial charge in [-0.1, -0.05) is 41.9 Å². The Hall–Kier alpha value is -3.12. The van der Waals surface area contributed by atoms with Gasteiger partial charge < -0.3 is 10.4 Å². The molecule has 36 heavy (non-hydrogen) atoms. The van der Waals surface area contributed by atoms with Crippen molar-refractivity contribution >= 4 is 23.3 Å². The number of rotatable bonds is 7. The van der Waals surface area contributed by atoms with Gasteiger partial charge in [-0.25, -0.2) is 9.78 Å². The van der Waals surface area contributed by atoms with E-state index in [2.05, 4.69) is 34.6 Å². The Kier molecular flexibility index (Phi) is 6.64. The zero-order chi connectivity index (χ0) is 25.3. The van der Waals surface area contributed by atoms with Crippen molar-refractivity contribution in [3.05, 3.63) is 93.1 Å². The summed E-state index contributed by atoms with van der Waals surface area (Å²) in [6.45, 7) is 2.44. The number of aromatic nitrogens is 2. The molecule has 1 saturated carbocycles. The average Bonchev–Trinajstić information content (AvgIpc) is 3.16. The van der Waals surface area contributed by atoms with Crippen LogP contribution in [0.1, 0.15) is 55.2 Å². The number of benzene rings is 2. The van der Waals surface area contributed by atoms with Crippen molar-refractivity contribution in [2.75, 3.05) is 5.32 Å². The number of anilines is 1. The van der Waals surface area contributed by atoms with Crippen LogP contribution >= 0.6 is 11.6 Å². The summed E-state index contributed by atoms with van der Waals surface area (Å²) in [6.07, 6.45) is 8.79. The lowest BCUT2D eigenvalue weighted by molar-refractivity contribution is -0.144. The Labute approximate surface area is 216 Å². The number of carbonyl (C=O) groups is 1. The molecule has 0 radical (unpaired) electrons. The van der Waals surface area contributed by atoms with E-state index < -0.39 is 11.5 Å². The van der Waals surface area contributed by atoms with E-state index in [1.807, 2.05) is 12.1 Å². The first-order valence-electron chi connectivity index (χ1n) is 12.7. The highest BCUT2D eigenvalue weighted by Gasteiger charge is 2.53. The fourth-order valence-corrected chi connectivity index (χ4v) is 6.70. The van der Waals surface area contributed by atoms with E-state index in [0.717, 1.165) is 37.8 Å². The van der Waals surface area contributed by atoms with Crippen LogP contribution in [0.4, 0.5) is 5.69 Å². The Morgan fingerprint density at radius 1 is 1.17 bits per heavy atom. The zero-order valence-corrected chi connectivity index (χ0v) is 21.3. The van der Waals surface area contributed by atoms with Gasteiger partial charge in [0.25, 0.3) is 5.56 Å². The van der Waals surface area contributed by atoms with Crippen LogP contribution in [-0.4, -0.2) is 26.2 Å². The topological polar surface area (TPSA) is 84.2 Å². The Morgan fingerprint density at radius 3 is 2.69 bits per heavy atom. The predicted octanol–water partition coefficient (Wildman–Crippen LogP) is 5.61. The van der Waals surface area contributed by atoms with Crippen molar-refractivity contribution in [1.82, 2.24) is 9.55 Å². The van der Waals surface area contributed by atoms with Gasteiger partial charge in [0.15, 0.2) is 0 Å². The summed E-state index contributed by atoms with van der Waals surface area (Å²) in [5, 5.41) is 14.2. The summed E-state index contributed by atoms with van der Waals surface area (Å²) < 4.78 is 1.70. The van der Waals surface area contributed by atoms with Crippen LogP contribution < -0.4 is 10.9 Å². The van der Waals surface area contributed by atoms with Gasteiger partial charge in [0.2, 0.25) is 0 Å². The lowest BCUT2D eigenvalue weighted by Crippen LogP contribution is -2.53. The van der Waals surface area contributed by atoms with Gasteiger partial charge >= 0.3 is 5.97 Å². The SMILES string of the molecule is Cc1cncn(CCCC2Cc3ccccc3C23CCC(Nc2cccc(Cl)c2)(C(=O)O)CC3)c1=O. The van der Waals surface area contributed by atoms with Gasteiger partial charge in [0.1, 0.15) is 5.54 Å². The van der Waals surface area contributed by atoms with Crippen LogP contribution in [0.5, 0.6) is 0 Å². The second kappa shape index (κ2) is 9.74. The standard InChI is InChI=1S/C29H32ClN3O3/c1-20-18-31-19-33(26(20)34)15-5-7-22-16-21-6-2-3-10-25(21)28(22)11-13-29(14-12-28,27(35)36)32-24-9-4-8-23(30)17-24/h2-4,6,8-10,17-19,22,32H,5,7,11-16H2,1H3,(H,35,36). The van der Waals surface area contributed by atoms with Crippen LogP contribution in [0.25, 0.3) is 0 Å². The zero-order valence-electron chi connectivity index (χ0n) is 20.5. The monoisotopic (exact) mass is 505 g/mol. The van der Waals surface area contributed by atoms with Gasteiger partial charge in [-0.3, -0.25) is 9.36 Å². The molecule has 3 aromatic rings. The number of fused-ring (bicyclic) bond motifs is 2. The van der Waals surface area contributed by atoms with Crippen molar-refractivity contribution in [2.45, 2.75) is 69.4 Å². The molecule has 5 rings (SSSR count). The smallest absolute Gasteiger partial charge is 0.329 e. The average molecular weight is 506 g/mol. The molecule has 0 aliphatic heterocycles. The number of carboxylic acids is 1.